The fourth-order valence-electron chi connectivity index (χ4n) is 5.23. The summed E-state index contributed by atoms with van der Waals surface area (Å²) in [4.78, 5) is 19.5. The molecule has 2 aliphatic heterocycles. The topological polar surface area (TPSA) is 91.8 Å². The van der Waals surface area contributed by atoms with Gasteiger partial charge in [-0.15, -0.1) is 0 Å². The number of nitrogens with zero attached hydrogens (tertiary/aromatic N) is 3. The largest absolute Gasteiger partial charge is 0.487 e. The summed E-state index contributed by atoms with van der Waals surface area (Å²) in [5.74, 6) is 0.395. The first-order valence-corrected chi connectivity index (χ1v) is 14.9. The van der Waals surface area contributed by atoms with Crippen molar-refractivity contribution in [3.05, 3.63) is 63.3 Å². The first kappa shape index (κ1) is 27.1. The van der Waals surface area contributed by atoms with Gasteiger partial charge in [-0.3, -0.25) is 4.79 Å². The predicted molar refractivity (Wildman–Crippen MR) is 148 cm³/mol. The fraction of sp³-hybridized carbons (Fsp3) is 0.407. The Labute approximate surface area is 232 Å². The summed E-state index contributed by atoms with van der Waals surface area (Å²) in [5.41, 5.74) is 3.02. The van der Waals surface area contributed by atoms with Crippen molar-refractivity contribution in [1.29, 1.82) is 0 Å². The van der Waals surface area contributed by atoms with Crippen LogP contribution in [0.4, 0.5) is 0 Å². The van der Waals surface area contributed by atoms with Crippen LogP contribution >= 0.6 is 23.2 Å². The molecule has 202 valence electrons. The zero-order valence-corrected chi connectivity index (χ0v) is 23.7. The highest BCUT2D eigenvalue weighted by Gasteiger charge is 2.42. The van der Waals surface area contributed by atoms with Crippen LogP contribution in [-0.2, 0) is 21.4 Å². The molecule has 0 aliphatic carbocycles. The minimum atomic E-state index is -4.06. The smallest absolute Gasteiger partial charge is 0.245 e. The van der Waals surface area contributed by atoms with E-state index in [9.17, 15) is 13.2 Å². The van der Waals surface area contributed by atoms with E-state index < -0.39 is 16.1 Å². The molecule has 1 amide bonds. The number of rotatable bonds is 6. The summed E-state index contributed by atoms with van der Waals surface area (Å²) in [6.45, 7) is 6.67. The highest BCUT2D eigenvalue weighted by Crippen LogP contribution is 2.37. The van der Waals surface area contributed by atoms with E-state index in [0.717, 1.165) is 16.6 Å². The van der Waals surface area contributed by atoms with E-state index in [-0.39, 0.29) is 29.0 Å². The average Bonchev–Trinajstić information content (AvgIpc) is 3.40. The van der Waals surface area contributed by atoms with Crippen LogP contribution in [0.1, 0.15) is 29.7 Å². The van der Waals surface area contributed by atoms with Crippen molar-refractivity contribution in [2.75, 3.05) is 32.7 Å². The van der Waals surface area contributed by atoms with Crippen LogP contribution in [-0.4, -0.2) is 67.3 Å². The quantitative estimate of drug-likeness (QED) is 0.469. The molecule has 5 rings (SSSR count). The number of amides is 1. The molecule has 2 aromatic carbocycles. The number of carbonyl (C=O) groups is 1. The molecule has 0 radical (unpaired) electrons. The second-order valence-corrected chi connectivity index (χ2v) is 12.4. The van der Waals surface area contributed by atoms with E-state index in [1.807, 2.05) is 38.1 Å². The van der Waals surface area contributed by atoms with Gasteiger partial charge in [-0.25, -0.2) is 13.4 Å². The number of carbonyl (C=O) groups excluding carboxylic acids is 1. The number of hydrogen-bond donors (Lipinski definition) is 1. The van der Waals surface area contributed by atoms with E-state index in [0.29, 0.717) is 60.9 Å². The van der Waals surface area contributed by atoms with Crippen molar-refractivity contribution in [3.8, 4) is 5.75 Å². The minimum Gasteiger partial charge on any atom is -0.487 e. The molecule has 1 N–H and O–H groups in total. The van der Waals surface area contributed by atoms with Crippen molar-refractivity contribution in [1.82, 2.24) is 19.5 Å². The van der Waals surface area contributed by atoms with Crippen molar-refractivity contribution >= 4 is 50.0 Å². The predicted octanol–water partition coefficient (Wildman–Crippen LogP) is 4.32. The van der Waals surface area contributed by atoms with Crippen LogP contribution < -0.4 is 10.1 Å². The second kappa shape index (κ2) is 11.0. The van der Waals surface area contributed by atoms with Gasteiger partial charge >= 0.3 is 0 Å². The van der Waals surface area contributed by atoms with Gasteiger partial charge in [-0.05, 0) is 56.5 Å². The molecule has 0 bridgehead atoms. The lowest BCUT2D eigenvalue weighted by atomic mass is 10.1. The van der Waals surface area contributed by atoms with Gasteiger partial charge in [0.2, 0.25) is 15.9 Å². The van der Waals surface area contributed by atoms with Gasteiger partial charge in [0.15, 0.2) is 0 Å². The number of hydrogen-bond acceptors (Lipinski definition) is 6. The van der Waals surface area contributed by atoms with Crippen LogP contribution in [0.3, 0.4) is 0 Å². The molecule has 3 aromatic rings. The maximum absolute atomic E-state index is 13.8. The summed E-state index contributed by atoms with van der Waals surface area (Å²) >= 11 is 13.2. The number of halogens is 2. The van der Waals surface area contributed by atoms with Crippen LogP contribution in [0.15, 0.2) is 41.3 Å². The van der Waals surface area contributed by atoms with Gasteiger partial charge < -0.3 is 15.0 Å². The summed E-state index contributed by atoms with van der Waals surface area (Å²) in [5, 5.41) is 4.48. The number of aryl methyl sites for hydroxylation is 2. The number of nitrogens with one attached hydrogen (secondary N) is 1. The average molecular weight is 578 g/mol. The number of piperazine rings is 1. The molecule has 3 heterocycles. The Kier molecular flexibility index (Phi) is 7.84. The van der Waals surface area contributed by atoms with E-state index >= 15 is 0 Å². The van der Waals surface area contributed by atoms with E-state index in [4.69, 9.17) is 27.9 Å². The standard InChI is InChI=1S/C27H30Cl2N4O4S/c1-17-15-18(2)31-26-19(17)5-3-7-23(26)37-16-20-21(28)8-9-24(25(20)29)38(35,36)33-12-4-6-22(33)27(34)32-13-10-30-11-14-32/h3,5,7-9,15,22,30H,4,6,10-14,16H2,1-2H3. The van der Waals surface area contributed by atoms with Crippen LogP contribution in [0.5, 0.6) is 5.75 Å². The number of ether oxygens (including phenoxy) is 1. The molecule has 38 heavy (non-hydrogen) atoms. The highest BCUT2D eigenvalue weighted by atomic mass is 35.5. The first-order chi connectivity index (χ1) is 18.2. The Bertz CT molecular complexity index is 1490. The number of benzene rings is 2. The third-order valence-corrected chi connectivity index (χ3v) is 10.0. The van der Waals surface area contributed by atoms with Gasteiger partial charge in [-0.2, -0.15) is 4.31 Å². The lowest BCUT2D eigenvalue weighted by Gasteiger charge is -2.32. The van der Waals surface area contributed by atoms with Gasteiger partial charge in [0.05, 0.1) is 5.02 Å². The Morgan fingerprint density at radius 3 is 2.66 bits per heavy atom. The minimum absolute atomic E-state index is 0.00155. The number of fused-ring (bicyclic) bond motifs is 1. The third kappa shape index (κ3) is 5.10. The Hall–Kier alpha value is -2.43. The lowest BCUT2D eigenvalue weighted by Crippen LogP contribution is -2.53. The number of pyridine rings is 1. The van der Waals surface area contributed by atoms with E-state index in [1.165, 1.54) is 16.4 Å². The highest BCUT2D eigenvalue weighted by molar-refractivity contribution is 7.89. The Morgan fingerprint density at radius 1 is 1.13 bits per heavy atom. The molecule has 0 saturated carbocycles. The van der Waals surface area contributed by atoms with Gasteiger partial charge in [0.25, 0.3) is 0 Å². The van der Waals surface area contributed by atoms with Crippen LogP contribution in [0.25, 0.3) is 10.9 Å². The van der Waals surface area contributed by atoms with E-state index in [2.05, 4.69) is 10.3 Å². The molecule has 2 saturated heterocycles. The van der Waals surface area contributed by atoms with Crippen LogP contribution in [0, 0.1) is 13.8 Å². The first-order valence-electron chi connectivity index (χ1n) is 12.7. The summed E-state index contributed by atoms with van der Waals surface area (Å²) in [6, 6.07) is 9.86. The molecular formula is C27H30Cl2N4O4S. The molecule has 11 heteroatoms. The van der Waals surface area contributed by atoms with Crippen LogP contribution in [0.2, 0.25) is 10.0 Å². The fourth-order valence-corrected chi connectivity index (χ4v) is 7.74. The lowest BCUT2D eigenvalue weighted by molar-refractivity contribution is -0.135. The second-order valence-electron chi connectivity index (χ2n) is 9.71. The van der Waals surface area contributed by atoms with Crippen molar-refractivity contribution in [2.24, 2.45) is 0 Å². The maximum atomic E-state index is 13.8. The van der Waals surface area contributed by atoms with Crippen molar-refractivity contribution in [2.45, 2.75) is 44.2 Å². The molecule has 1 unspecified atom stereocenters. The molecule has 2 fully saturated rings. The van der Waals surface area contributed by atoms with Crippen molar-refractivity contribution in [3.63, 3.8) is 0 Å². The molecule has 2 aliphatic rings. The molecule has 1 atom stereocenters. The monoisotopic (exact) mass is 576 g/mol. The Morgan fingerprint density at radius 2 is 1.89 bits per heavy atom. The van der Waals surface area contributed by atoms with Crippen molar-refractivity contribution < 1.29 is 17.9 Å². The van der Waals surface area contributed by atoms with Gasteiger partial charge in [0.1, 0.15) is 28.8 Å². The number of aromatic nitrogens is 1. The SMILES string of the molecule is Cc1cc(C)c2cccc(OCc3c(Cl)ccc(S(=O)(=O)N4CCCC4C(=O)N4CCNCC4)c3Cl)c2n1. The molecule has 1 aromatic heterocycles. The summed E-state index contributed by atoms with van der Waals surface area (Å²) in [7, 11) is -4.06. The molecule has 0 spiro atoms. The number of sulfonamides is 1. The third-order valence-electron chi connectivity index (χ3n) is 7.16. The maximum Gasteiger partial charge on any atom is 0.245 e. The van der Waals surface area contributed by atoms with Gasteiger partial charge in [-0.1, -0.05) is 35.3 Å². The Balaban J connectivity index is 1.43. The van der Waals surface area contributed by atoms with Gasteiger partial charge in [0, 0.05) is 54.4 Å². The van der Waals surface area contributed by atoms with E-state index in [1.54, 1.807) is 4.90 Å². The molecular weight excluding hydrogens is 547 g/mol. The summed E-state index contributed by atoms with van der Waals surface area (Å²) in [6.07, 6.45) is 1.09. The zero-order valence-electron chi connectivity index (χ0n) is 21.3. The zero-order chi connectivity index (χ0) is 27.0. The summed E-state index contributed by atoms with van der Waals surface area (Å²) < 4.78 is 35.0. The normalized spacial score (nSPS) is 18.7. The number of para-hydroxylation sites is 1. The molecule has 8 nitrogen and oxygen atoms in total.